The van der Waals surface area contributed by atoms with Crippen LogP contribution in [-0.2, 0) is 16.3 Å². The third-order valence-electron chi connectivity index (χ3n) is 6.49. The van der Waals surface area contributed by atoms with Crippen LogP contribution in [0.4, 0.5) is 20.1 Å². The molecule has 4 heterocycles. The van der Waals surface area contributed by atoms with Crippen molar-refractivity contribution in [2.24, 2.45) is 0 Å². The first kappa shape index (κ1) is 23.7. The number of aromatic nitrogens is 2. The number of carbonyl (C=O) groups is 1. The molecular formula is C23H26FN5O4S2. The summed E-state index contributed by atoms with van der Waals surface area (Å²) >= 11 is 1.42. The summed E-state index contributed by atoms with van der Waals surface area (Å²) < 4.78 is 42.0. The average Bonchev–Trinajstić information content (AvgIpc) is 3.43. The van der Waals surface area contributed by atoms with E-state index in [1.54, 1.807) is 12.1 Å². The van der Waals surface area contributed by atoms with Crippen molar-refractivity contribution in [3.05, 3.63) is 46.7 Å². The number of sulfone groups is 1. The Morgan fingerprint density at radius 1 is 1.20 bits per heavy atom. The zero-order valence-corrected chi connectivity index (χ0v) is 21.0. The first-order valence-corrected chi connectivity index (χ1v) is 14.1. The molecule has 12 heteroatoms. The monoisotopic (exact) mass is 519 g/mol. The highest BCUT2D eigenvalue weighted by molar-refractivity contribution is 7.91. The maximum Gasteiger partial charge on any atom is 0.321 e. The minimum atomic E-state index is -2.98. The van der Waals surface area contributed by atoms with Gasteiger partial charge in [-0.05, 0) is 51.0 Å². The van der Waals surface area contributed by atoms with Crippen molar-refractivity contribution in [2.45, 2.75) is 51.2 Å². The molecule has 1 saturated heterocycles. The highest BCUT2D eigenvalue weighted by Crippen LogP contribution is 2.41. The number of hydrogen-bond acceptors (Lipinski definition) is 8. The molecule has 1 aromatic carbocycles. The summed E-state index contributed by atoms with van der Waals surface area (Å²) in [5.41, 5.74) is 1.68. The van der Waals surface area contributed by atoms with Gasteiger partial charge < -0.3 is 14.7 Å². The lowest BCUT2D eigenvalue weighted by molar-refractivity contribution is 0.247. The van der Waals surface area contributed by atoms with Gasteiger partial charge in [0.05, 0.1) is 28.1 Å². The number of benzene rings is 1. The Hall–Kier alpha value is -2.99. The molecule has 2 aromatic heterocycles. The number of anilines is 2. The van der Waals surface area contributed by atoms with Gasteiger partial charge in [-0.15, -0.1) is 0 Å². The van der Waals surface area contributed by atoms with Gasteiger partial charge in [-0.25, -0.2) is 22.6 Å². The van der Waals surface area contributed by atoms with E-state index in [9.17, 15) is 17.6 Å². The zero-order valence-electron chi connectivity index (χ0n) is 19.3. The van der Waals surface area contributed by atoms with Crippen LogP contribution in [0, 0.1) is 5.82 Å². The fourth-order valence-corrected chi connectivity index (χ4v) is 7.22. The Bertz CT molecular complexity index is 1320. The molecule has 3 aromatic rings. The number of fused-ring (bicyclic) bond motifs is 1. The molecule has 9 nitrogen and oxygen atoms in total. The van der Waals surface area contributed by atoms with Crippen LogP contribution in [0.1, 0.15) is 43.3 Å². The number of thiazole rings is 1. The number of nitrogens with one attached hydrogen (secondary N) is 2. The molecule has 0 aliphatic carbocycles. The number of carbonyl (C=O) groups excluding carboxylic acids is 1. The van der Waals surface area contributed by atoms with E-state index in [2.05, 4.69) is 39.5 Å². The first-order valence-electron chi connectivity index (χ1n) is 11.5. The van der Waals surface area contributed by atoms with Crippen molar-refractivity contribution in [1.29, 1.82) is 0 Å². The number of hydrogen-bond donors (Lipinski definition) is 2. The molecule has 5 rings (SSSR count). The SMILES string of the molecule is C[C@@H]1Cc2nc(NC(=O)NC3CCS(=O)(=O)CC3)sc2[C@H](C)N1c1cc(-c2ccc(F)cc2)on1. The van der Waals surface area contributed by atoms with E-state index in [0.717, 1.165) is 16.1 Å². The Kier molecular flexibility index (Phi) is 6.26. The van der Waals surface area contributed by atoms with Crippen LogP contribution in [0.5, 0.6) is 0 Å². The predicted molar refractivity (Wildman–Crippen MR) is 132 cm³/mol. The fraction of sp³-hybridized carbons (Fsp3) is 0.435. The van der Waals surface area contributed by atoms with E-state index in [1.165, 1.54) is 23.5 Å². The van der Waals surface area contributed by atoms with Crippen molar-refractivity contribution in [3.8, 4) is 11.3 Å². The van der Waals surface area contributed by atoms with Crippen molar-refractivity contribution in [2.75, 3.05) is 21.7 Å². The highest BCUT2D eigenvalue weighted by Gasteiger charge is 2.34. The lowest BCUT2D eigenvalue weighted by Crippen LogP contribution is -2.42. The summed E-state index contributed by atoms with van der Waals surface area (Å²) in [5.74, 6) is 1.13. The van der Waals surface area contributed by atoms with Gasteiger partial charge in [-0.3, -0.25) is 5.32 Å². The summed E-state index contributed by atoms with van der Waals surface area (Å²) in [4.78, 5) is 20.3. The van der Waals surface area contributed by atoms with Gasteiger partial charge >= 0.3 is 6.03 Å². The number of nitrogens with zero attached hydrogens (tertiary/aromatic N) is 3. The van der Waals surface area contributed by atoms with E-state index in [4.69, 9.17) is 4.52 Å². The van der Waals surface area contributed by atoms with Crippen LogP contribution in [-0.4, -0.2) is 48.2 Å². The van der Waals surface area contributed by atoms with Crippen molar-refractivity contribution >= 4 is 38.2 Å². The molecule has 0 unspecified atom stereocenters. The summed E-state index contributed by atoms with van der Waals surface area (Å²) in [5, 5.41) is 10.4. The number of amides is 2. The van der Waals surface area contributed by atoms with Crippen molar-refractivity contribution in [1.82, 2.24) is 15.5 Å². The van der Waals surface area contributed by atoms with Crippen molar-refractivity contribution < 1.29 is 22.1 Å². The van der Waals surface area contributed by atoms with E-state index in [-0.39, 0.29) is 41.5 Å². The summed E-state index contributed by atoms with van der Waals surface area (Å²) in [7, 11) is -2.98. The molecule has 2 aliphatic heterocycles. The predicted octanol–water partition coefficient (Wildman–Crippen LogP) is 4.15. The quantitative estimate of drug-likeness (QED) is 0.532. The Balaban J connectivity index is 1.28. The second-order valence-corrected chi connectivity index (χ2v) is 12.4. The van der Waals surface area contributed by atoms with E-state index >= 15 is 0 Å². The maximum absolute atomic E-state index is 13.3. The standard InChI is InChI=1S/C23H26FN5O4S2/c1-13-11-18-21(34-23(26-18)27-22(30)25-17-7-9-35(31,32)10-8-17)14(2)29(13)20-12-19(33-28-20)15-3-5-16(24)6-4-15/h3-6,12-14,17H,7-11H2,1-2H3,(H2,25,26,27,30)/t13-,14+/m1/s1. The van der Waals surface area contributed by atoms with Gasteiger partial charge in [0.15, 0.2) is 16.7 Å². The Morgan fingerprint density at radius 3 is 2.63 bits per heavy atom. The molecule has 2 atom stereocenters. The Labute approximate surface area is 206 Å². The van der Waals surface area contributed by atoms with Gasteiger partial charge in [-0.1, -0.05) is 16.5 Å². The summed E-state index contributed by atoms with van der Waals surface area (Å²) in [6, 6.07) is 7.43. The molecule has 186 valence electrons. The summed E-state index contributed by atoms with van der Waals surface area (Å²) in [6.07, 6.45) is 1.52. The number of urea groups is 1. The largest absolute Gasteiger partial charge is 0.354 e. The summed E-state index contributed by atoms with van der Waals surface area (Å²) in [6.45, 7) is 4.15. The zero-order chi connectivity index (χ0) is 24.7. The van der Waals surface area contributed by atoms with Crippen LogP contribution in [0.15, 0.2) is 34.9 Å². The molecule has 0 saturated carbocycles. The molecule has 0 spiro atoms. The third kappa shape index (κ3) is 5.03. The van der Waals surface area contributed by atoms with Crippen LogP contribution in [0.3, 0.4) is 0 Å². The number of halogens is 1. The molecule has 1 fully saturated rings. The molecule has 2 amide bonds. The van der Waals surface area contributed by atoms with Gasteiger partial charge in [0.2, 0.25) is 0 Å². The maximum atomic E-state index is 13.3. The van der Waals surface area contributed by atoms with Crippen LogP contribution in [0.2, 0.25) is 0 Å². The average molecular weight is 520 g/mol. The molecule has 2 N–H and O–H groups in total. The first-order chi connectivity index (χ1) is 16.7. The molecule has 2 aliphatic rings. The van der Waals surface area contributed by atoms with Crippen molar-refractivity contribution in [3.63, 3.8) is 0 Å². The van der Waals surface area contributed by atoms with Gasteiger partial charge in [0.1, 0.15) is 15.7 Å². The minimum Gasteiger partial charge on any atom is -0.354 e. The molecule has 0 radical (unpaired) electrons. The van der Waals surface area contributed by atoms with E-state index in [0.29, 0.717) is 36.0 Å². The van der Waals surface area contributed by atoms with Gasteiger partial charge in [0.25, 0.3) is 0 Å². The molecular weight excluding hydrogens is 493 g/mol. The van der Waals surface area contributed by atoms with Gasteiger partial charge in [0, 0.05) is 30.1 Å². The number of rotatable bonds is 4. The lowest BCUT2D eigenvalue weighted by Gasteiger charge is -2.37. The van der Waals surface area contributed by atoms with Crippen LogP contribution >= 0.6 is 11.3 Å². The van der Waals surface area contributed by atoms with E-state index < -0.39 is 9.84 Å². The lowest BCUT2D eigenvalue weighted by atomic mass is 10.00. The Morgan fingerprint density at radius 2 is 1.91 bits per heavy atom. The van der Waals surface area contributed by atoms with Gasteiger partial charge in [-0.2, -0.15) is 0 Å². The highest BCUT2D eigenvalue weighted by atomic mass is 32.2. The second-order valence-electron chi connectivity index (χ2n) is 9.05. The fourth-order valence-electron chi connectivity index (χ4n) is 4.69. The minimum absolute atomic E-state index is 0.0421. The molecule has 35 heavy (non-hydrogen) atoms. The van der Waals surface area contributed by atoms with E-state index in [1.807, 2.05) is 6.07 Å². The normalized spacial score (nSPS) is 22.0. The van der Waals surface area contributed by atoms with Crippen LogP contribution in [0.25, 0.3) is 11.3 Å². The molecule has 0 bridgehead atoms. The second kappa shape index (κ2) is 9.23. The topological polar surface area (TPSA) is 117 Å². The smallest absolute Gasteiger partial charge is 0.321 e. The third-order valence-corrected chi connectivity index (χ3v) is 9.39. The van der Waals surface area contributed by atoms with Crippen LogP contribution < -0.4 is 15.5 Å².